The number of nitrogen functional groups attached to an aromatic ring is 1. The second-order valence-corrected chi connectivity index (χ2v) is 3.33. The van der Waals surface area contributed by atoms with E-state index in [9.17, 15) is 4.79 Å². The first-order valence-corrected chi connectivity index (χ1v) is 4.97. The minimum absolute atomic E-state index is 0.133. The maximum absolute atomic E-state index is 11.6. The van der Waals surface area contributed by atoms with E-state index in [0.717, 1.165) is 0 Å². The van der Waals surface area contributed by atoms with E-state index in [4.69, 9.17) is 22.2 Å². The van der Waals surface area contributed by atoms with Gasteiger partial charge < -0.3 is 15.5 Å². The van der Waals surface area contributed by atoms with Crippen LogP contribution in [0.2, 0.25) is 5.02 Å². The molecule has 0 saturated heterocycles. The molecule has 0 spiro atoms. The molecule has 1 heterocycles. The zero-order valence-electron chi connectivity index (χ0n) is 8.79. The average molecular weight is 245 g/mol. The number of hydrazine groups is 1. The van der Waals surface area contributed by atoms with Crippen LogP contribution in [0.15, 0.2) is 12.1 Å². The van der Waals surface area contributed by atoms with Gasteiger partial charge in [0.05, 0.1) is 11.6 Å². The molecule has 0 aliphatic heterocycles. The van der Waals surface area contributed by atoms with Gasteiger partial charge in [0.1, 0.15) is 11.5 Å². The molecular formula is C9H13ClN4O2. The highest BCUT2D eigenvalue weighted by Gasteiger charge is 2.12. The van der Waals surface area contributed by atoms with Crippen molar-refractivity contribution in [2.24, 2.45) is 5.84 Å². The lowest BCUT2D eigenvalue weighted by molar-refractivity contribution is 0.0932. The van der Waals surface area contributed by atoms with Gasteiger partial charge in [0.15, 0.2) is 0 Å². The molecule has 1 aromatic heterocycles. The highest BCUT2D eigenvalue weighted by atomic mass is 35.5. The number of hydrogen-bond acceptors (Lipinski definition) is 5. The number of carbonyl (C=O) groups is 1. The molecule has 0 atom stereocenters. The summed E-state index contributed by atoms with van der Waals surface area (Å²) in [6.07, 6.45) is 0. The fourth-order valence-electron chi connectivity index (χ4n) is 1.03. The van der Waals surface area contributed by atoms with Crippen LogP contribution in [-0.4, -0.2) is 31.2 Å². The highest BCUT2D eigenvalue weighted by molar-refractivity contribution is 6.33. The van der Waals surface area contributed by atoms with Crippen molar-refractivity contribution in [1.29, 1.82) is 0 Å². The minimum Gasteiger partial charge on any atom is -0.383 e. The number of pyridine rings is 1. The van der Waals surface area contributed by atoms with Crippen molar-refractivity contribution >= 4 is 23.3 Å². The summed E-state index contributed by atoms with van der Waals surface area (Å²) >= 11 is 5.84. The van der Waals surface area contributed by atoms with E-state index >= 15 is 0 Å². The van der Waals surface area contributed by atoms with Crippen molar-refractivity contribution < 1.29 is 9.53 Å². The van der Waals surface area contributed by atoms with Crippen LogP contribution >= 0.6 is 11.6 Å². The van der Waals surface area contributed by atoms with Gasteiger partial charge in [0, 0.05) is 13.7 Å². The normalized spacial score (nSPS) is 9.94. The van der Waals surface area contributed by atoms with Crippen molar-refractivity contribution in [2.75, 3.05) is 25.7 Å². The van der Waals surface area contributed by atoms with E-state index in [0.29, 0.717) is 19.0 Å². The summed E-state index contributed by atoms with van der Waals surface area (Å²) in [6.45, 7) is 0.825. The van der Waals surface area contributed by atoms with Crippen LogP contribution in [0.1, 0.15) is 10.5 Å². The first-order valence-electron chi connectivity index (χ1n) is 4.59. The molecule has 0 fully saturated rings. The average Bonchev–Trinajstić information content (AvgIpc) is 2.30. The van der Waals surface area contributed by atoms with E-state index in [1.165, 1.54) is 0 Å². The van der Waals surface area contributed by atoms with Crippen LogP contribution in [0.25, 0.3) is 0 Å². The lowest BCUT2D eigenvalue weighted by Gasteiger charge is -2.07. The predicted octanol–water partition coefficient (Wildman–Crippen LogP) is 0.397. The van der Waals surface area contributed by atoms with Crippen LogP contribution in [0.4, 0.5) is 5.82 Å². The minimum atomic E-state index is -0.362. The lowest BCUT2D eigenvalue weighted by Crippen LogP contribution is -2.28. The number of anilines is 1. The van der Waals surface area contributed by atoms with Crippen molar-refractivity contribution in [3.05, 3.63) is 22.8 Å². The monoisotopic (exact) mass is 244 g/mol. The molecule has 1 aromatic rings. The number of halogens is 1. The Bertz CT molecular complexity index is 373. The summed E-state index contributed by atoms with van der Waals surface area (Å²) in [5, 5.41) is 2.88. The van der Waals surface area contributed by atoms with Gasteiger partial charge in [0.25, 0.3) is 5.91 Å². The zero-order valence-corrected chi connectivity index (χ0v) is 9.54. The molecule has 1 amide bonds. The third-order valence-corrected chi connectivity index (χ3v) is 2.11. The Kier molecular flexibility index (Phi) is 4.97. The molecule has 1 rings (SSSR count). The number of nitrogens with zero attached hydrogens (tertiary/aromatic N) is 1. The number of amides is 1. The number of hydrogen-bond donors (Lipinski definition) is 3. The Morgan fingerprint density at radius 2 is 2.38 bits per heavy atom. The second-order valence-electron chi connectivity index (χ2n) is 2.92. The Morgan fingerprint density at radius 1 is 1.62 bits per heavy atom. The molecular weight excluding hydrogens is 232 g/mol. The molecule has 7 heteroatoms. The van der Waals surface area contributed by atoms with Crippen molar-refractivity contribution in [1.82, 2.24) is 10.3 Å². The number of nitrogens with two attached hydrogens (primary N) is 1. The van der Waals surface area contributed by atoms with Gasteiger partial charge in [0.2, 0.25) is 0 Å². The fourth-order valence-corrected chi connectivity index (χ4v) is 1.22. The van der Waals surface area contributed by atoms with Gasteiger partial charge in [-0.1, -0.05) is 11.6 Å². The Balaban J connectivity index is 2.73. The Hall–Kier alpha value is -1.37. The van der Waals surface area contributed by atoms with Gasteiger partial charge in [-0.25, -0.2) is 10.8 Å². The number of aromatic nitrogens is 1. The van der Waals surface area contributed by atoms with Gasteiger partial charge in [-0.3, -0.25) is 4.79 Å². The standard InChI is InChI=1S/C9H13ClN4O2/c1-16-5-4-12-9(15)8-6(10)2-3-7(13-8)14-11/h2-3H,4-5,11H2,1H3,(H,12,15)(H,13,14). The molecule has 6 nitrogen and oxygen atoms in total. The van der Waals surface area contributed by atoms with E-state index < -0.39 is 0 Å². The molecule has 0 radical (unpaired) electrons. The molecule has 0 unspecified atom stereocenters. The summed E-state index contributed by atoms with van der Waals surface area (Å²) in [4.78, 5) is 15.6. The third kappa shape index (κ3) is 3.34. The van der Waals surface area contributed by atoms with Crippen LogP contribution in [0, 0.1) is 0 Å². The molecule has 0 aromatic carbocycles. The van der Waals surface area contributed by atoms with E-state index in [2.05, 4.69) is 15.7 Å². The van der Waals surface area contributed by atoms with E-state index in [1.54, 1.807) is 19.2 Å². The van der Waals surface area contributed by atoms with Gasteiger partial charge in [-0.05, 0) is 12.1 Å². The first kappa shape index (κ1) is 12.7. The summed E-state index contributed by atoms with van der Waals surface area (Å²) in [6, 6.07) is 3.13. The van der Waals surface area contributed by atoms with Gasteiger partial charge >= 0.3 is 0 Å². The molecule has 0 bridgehead atoms. The second kappa shape index (κ2) is 6.26. The SMILES string of the molecule is COCCNC(=O)c1nc(NN)ccc1Cl. The smallest absolute Gasteiger partial charge is 0.271 e. The van der Waals surface area contributed by atoms with Crippen molar-refractivity contribution in [3.63, 3.8) is 0 Å². The predicted molar refractivity (Wildman–Crippen MR) is 61.3 cm³/mol. The van der Waals surface area contributed by atoms with E-state index in [-0.39, 0.29) is 16.6 Å². The van der Waals surface area contributed by atoms with Gasteiger partial charge in [-0.15, -0.1) is 0 Å². The number of nitrogens with one attached hydrogen (secondary N) is 2. The number of carbonyl (C=O) groups excluding carboxylic acids is 1. The summed E-state index contributed by atoms with van der Waals surface area (Å²) in [5.74, 6) is 5.20. The van der Waals surface area contributed by atoms with Crippen LogP contribution in [0.5, 0.6) is 0 Å². The van der Waals surface area contributed by atoms with Crippen LogP contribution in [-0.2, 0) is 4.74 Å². The molecule has 88 valence electrons. The van der Waals surface area contributed by atoms with Crippen LogP contribution < -0.4 is 16.6 Å². The van der Waals surface area contributed by atoms with Crippen molar-refractivity contribution in [3.8, 4) is 0 Å². The molecule has 16 heavy (non-hydrogen) atoms. The third-order valence-electron chi connectivity index (χ3n) is 1.80. The molecule has 0 aliphatic rings. The highest BCUT2D eigenvalue weighted by Crippen LogP contribution is 2.15. The molecule has 0 aliphatic carbocycles. The number of methoxy groups -OCH3 is 1. The largest absolute Gasteiger partial charge is 0.383 e. The maximum Gasteiger partial charge on any atom is 0.271 e. The molecule has 0 saturated carbocycles. The van der Waals surface area contributed by atoms with Crippen LogP contribution in [0.3, 0.4) is 0 Å². The van der Waals surface area contributed by atoms with Gasteiger partial charge in [-0.2, -0.15) is 0 Å². The lowest BCUT2D eigenvalue weighted by atomic mass is 10.3. The maximum atomic E-state index is 11.6. The summed E-state index contributed by atoms with van der Waals surface area (Å²) < 4.78 is 4.80. The Morgan fingerprint density at radius 3 is 3.00 bits per heavy atom. The topological polar surface area (TPSA) is 89.3 Å². The summed E-state index contributed by atoms with van der Waals surface area (Å²) in [7, 11) is 1.55. The Labute approximate surface area is 98.1 Å². The van der Waals surface area contributed by atoms with E-state index in [1.807, 2.05) is 0 Å². The van der Waals surface area contributed by atoms with Crippen molar-refractivity contribution in [2.45, 2.75) is 0 Å². The number of rotatable bonds is 5. The zero-order chi connectivity index (χ0) is 12.0. The summed E-state index contributed by atoms with van der Waals surface area (Å²) in [5.41, 5.74) is 2.47. The number of ether oxygens (including phenoxy) is 1. The first-order chi connectivity index (χ1) is 7.69. The molecule has 4 N–H and O–H groups in total. The fraction of sp³-hybridized carbons (Fsp3) is 0.333. The quantitative estimate of drug-likeness (QED) is 0.396.